The Morgan fingerprint density at radius 1 is 0.931 bits per heavy atom. The summed E-state index contributed by atoms with van der Waals surface area (Å²) >= 11 is 0. The summed E-state index contributed by atoms with van der Waals surface area (Å²) in [7, 11) is 0. The van der Waals surface area contributed by atoms with Crippen LogP contribution in [0, 0.1) is 6.92 Å². The number of aromatic nitrogens is 1. The fourth-order valence-electron chi connectivity index (χ4n) is 3.22. The number of aromatic amines is 1. The molecular formula is C21H16F3N3O2. The molecule has 0 aliphatic heterocycles. The molecule has 3 aromatic carbocycles. The van der Waals surface area contributed by atoms with Crippen molar-refractivity contribution in [2.24, 2.45) is 0 Å². The molecule has 4 rings (SSSR count). The molecule has 29 heavy (non-hydrogen) atoms. The quantitative estimate of drug-likeness (QED) is 0.431. The van der Waals surface area contributed by atoms with E-state index in [0.29, 0.717) is 5.69 Å². The number of hydrogen-bond donors (Lipinski definition) is 3. The Hall–Kier alpha value is -3.55. The van der Waals surface area contributed by atoms with Gasteiger partial charge in [-0.15, -0.1) is 0 Å². The number of alkyl halides is 3. The lowest BCUT2D eigenvalue weighted by Crippen LogP contribution is -2.40. The van der Waals surface area contributed by atoms with Crippen LogP contribution in [0.2, 0.25) is 0 Å². The monoisotopic (exact) mass is 399 g/mol. The van der Waals surface area contributed by atoms with Crippen LogP contribution in [0.3, 0.4) is 0 Å². The maximum atomic E-state index is 13.7. The first-order valence-electron chi connectivity index (χ1n) is 8.82. The first-order valence-corrected chi connectivity index (χ1v) is 8.82. The van der Waals surface area contributed by atoms with Crippen LogP contribution < -0.4 is 21.5 Å². The summed E-state index contributed by atoms with van der Waals surface area (Å²) in [6.07, 6.45) is -3.07. The highest BCUT2D eigenvalue weighted by Gasteiger charge is 2.42. The van der Waals surface area contributed by atoms with Crippen molar-refractivity contribution in [3.05, 3.63) is 86.3 Å². The van der Waals surface area contributed by atoms with Crippen LogP contribution in [0.25, 0.3) is 10.9 Å². The highest BCUT2D eigenvalue weighted by atomic mass is 19.4. The zero-order chi connectivity index (χ0) is 20.8. The van der Waals surface area contributed by atoms with Crippen molar-refractivity contribution in [3.63, 3.8) is 0 Å². The van der Waals surface area contributed by atoms with Gasteiger partial charge in [-0.3, -0.25) is 9.59 Å². The number of aryl methyl sites for hydroxylation is 1. The summed E-state index contributed by atoms with van der Waals surface area (Å²) in [6, 6.07) is 10.9. The van der Waals surface area contributed by atoms with Gasteiger partial charge in [-0.1, -0.05) is 48.0 Å². The summed E-state index contributed by atoms with van der Waals surface area (Å²) in [6.45, 7) is 1.76. The lowest BCUT2D eigenvalue weighted by molar-refractivity contribution is -0.144. The maximum absolute atomic E-state index is 13.7. The number of anilines is 3. The van der Waals surface area contributed by atoms with E-state index in [-0.39, 0.29) is 16.9 Å². The number of halogens is 3. The van der Waals surface area contributed by atoms with Crippen molar-refractivity contribution in [1.82, 2.24) is 4.98 Å². The number of H-pyrrole nitrogens is 1. The number of benzene rings is 2. The average molecular weight is 399 g/mol. The Morgan fingerprint density at radius 3 is 2.28 bits per heavy atom. The zero-order valence-electron chi connectivity index (χ0n) is 15.2. The molecule has 0 amide bonds. The second-order valence-corrected chi connectivity index (χ2v) is 6.81. The van der Waals surface area contributed by atoms with Crippen LogP contribution in [0.1, 0.15) is 17.2 Å². The third kappa shape index (κ3) is 3.37. The minimum Gasteiger partial charge on any atom is -0.365 e. The fraction of sp³-hybridized carbons (Fsp3) is 0.143. The van der Waals surface area contributed by atoms with Crippen molar-refractivity contribution < 1.29 is 13.2 Å². The van der Waals surface area contributed by atoms with Crippen molar-refractivity contribution >= 4 is 28.0 Å². The summed E-state index contributed by atoms with van der Waals surface area (Å²) in [5.74, 6) is 0. The van der Waals surface area contributed by atoms with E-state index in [1.807, 2.05) is 12.1 Å². The third-order valence-corrected chi connectivity index (χ3v) is 4.79. The van der Waals surface area contributed by atoms with Crippen LogP contribution in [-0.4, -0.2) is 11.2 Å². The molecule has 0 aliphatic rings. The molecule has 0 radical (unpaired) electrons. The SMILES string of the molecule is Cc1ccc(C(Nc2c(Nc3c[nH]c4ccccc34)c(=O)c2=O)C(F)(F)F)cc1. The third-order valence-electron chi connectivity index (χ3n) is 4.79. The van der Waals surface area contributed by atoms with E-state index in [1.165, 1.54) is 12.1 Å². The van der Waals surface area contributed by atoms with Gasteiger partial charge in [0.2, 0.25) is 0 Å². The first kappa shape index (κ1) is 18.8. The summed E-state index contributed by atoms with van der Waals surface area (Å²) in [4.78, 5) is 27.1. The van der Waals surface area contributed by atoms with Crippen molar-refractivity contribution in [1.29, 1.82) is 0 Å². The fourth-order valence-corrected chi connectivity index (χ4v) is 3.22. The molecule has 148 valence electrons. The van der Waals surface area contributed by atoms with Gasteiger partial charge in [0.05, 0.1) is 5.69 Å². The molecule has 0 aliphatic carbocycles. The van der Waals surface area contributed by atoms with E-state index in [2.05, 4.69) is 15.6 Å². The summed E-state index contributed by atoms with van der Waals surface area (Å²) in [5.41, 5.74) is -0.342. The van der Waals surface area contributed by atoms with E-state index < -0.39 is 23.1 Å². The minimum absolute atomic E-state index is 0.0470. The van der Waals surface area contributed by atoms with Crippen molar-refractivity contribution in [3.8, 4) is 0 Å². The predicted molar refractivity (Wildman–Crippen MR) is 107 cm³/mol. The van der Waals surface area contributed by atoms with Gasteiger partial charge in [0.1, 0.15) is 17.4 Å². The molecule has 3 N–H and O–H groups in total. The molecule has 0 saturated carbocycles. The van der Waals surface area contributed by atoms with E-state index in [0.717, 1.165) is 16.5 Å². The topological polar surface area (TPSA) is 74.0 Å². The zero-order valence-corrected chi connectivity index (χ0v) is 15.2. The lowest BCUT2D eigenvalue weighted by atomic mass is 10.0. The predicted octanol–water partition coefficient (Wildman–Crippen LogP) is 4.53. The molecule has 1 unspecified atom stereocenters. The van der Waals surface area contributed by atoms with Gasteiger partial charge in [0.25, 0.3) is 10.9 Å². The molecule has 1 atom stereocenters. The van der Waals surface area contributed by atoms with E-state index >= 15 is 0 Å². The van der Waals surface area contributed by atoms with Crippen molar-refractivity contribution in [2.45, 2.75) is 19.1 Å². The van der Waals surface area contributed by atoms with E-state index in [1.54, 1.807) is 37.4 Å². The van der Waals surface area contributed by atoms with E-state index in [4.69, 9.17) is 0 Å². The molecular weight excluding hydrogens is 383 g/mol. The summed E-state index contributed by atoms with van der Waals surface area (Å²) in [5, 5.41) is 5.78. The van der Waals surface area contributed by atoms with Gasteiger partial charge < -0.3 is 15.6 Å². The molecule has 8 heteroatoms. The number of rotatable bonds is 5. The van der Waals surface area contributed by atoms with Crippen LogP contribution >= 0.6 is 0 Å². The second kappa shape index (κ2) is 6.80. The van der Waals surface area contributed by atoms with Crippen LogP contribution in [-0.2, 0) is 0 Å². The Kier molecular flexibility index (Phi) is 4.41. The van der Waals surface area contributed by atoms with Gasteiger partial charge in [0, 0.05) is 17.1 Å². The Morgan fingerprint density at radius 2 is 1.59 bits per heavy atom. The molecule has 5 nitrogen and oxygen atoms in total. The number of hydrogen-bond acceptors (Lipinski definition) is 4. The summed E-state index contributed by atoms with van der Waals surface area (Å²) < 4.78 is 41.0. The van der Waals surface area contributed by atoms with Gasteiger partial charge in [-0.2, -0.15) is 13.2 Å². The smallest absolute Gasteiger partial charge is 0.365 e. The molecule has 0 fully saturated rings. The molecule has 0 spiro atoms. The molecule has 1 heterocycles. The minimum atomic E-state index is -4.66. The van der Waals surface area contributed by atoms with Gasteiger partial charge in [-0.05, 0) is 18.6 Å². The van der Waals surface area contributed by atoms with Crippen LogP contribution in [0.4, 0.5) is 30.2 Å². The Balaban J connectivity index is 1.69. The number of fused-ring (bicyclic) bond motifs is 1. The Labute approximate surface area is 162 Å². The molecule has 0 saturated heterocycles. The van der Waals surface area contributed by atoms with Gasteiger partial charge in [-0.25, -0.2) is 0 Å². The van der Waals surface area contributed by atoms with Crippen LogP contribution in [0.5, 0.6) is 0 Å². The Bertz CT molecular complexity index is 1250. The average Bonchev–Trinajstić information content (AvgIpc) is 3.10. The highest BCUT2D eigenvalue weighted by molar-refractivity contribution is 5.95. The second-order valence-electron chi connectivity index (χ2n) is 6.81. The number of nitrogens with one attached hydrogen (secondary N) is 3. The van der Waals surface area contributed by atoms with Gasteiger partial charge in [0.15, 0.2) is 0 Å². The van der Waals surface area contributed by atoms with E-state index in [9.17, 15) is 22.8 Å². The largest absolute Gasteiger partial charge is 0.412 e. The van der Waals surface area contributed by atoms with Crippen LogP contribution in [0.15, 0.2) is 64.3 Å². The maximum Gasteiger partial charge on any atom is 0.412 e. The highest BCUT2D eigenvalue weighted by Crippen LogP contribution is 2.37. The van der Waals surface area contributed by atoms with Crippen molar-refractivity contribution in [2.75, 3.05) is 10.6 Å². The first-order chi connectivity index (χ1) is 13.8. The molecule has 0 bridgehead atoms. The standard InChI is InChI=1S/C21H16F3N3O2/c1-11-6-8-12(9-7-11)20(21(22,23)24)27-17-16(18(28)19(17)29)26-15-10-25-14-5-3-2-4-13(14)15/h2-10,20,25-27H,1H3. The van der Waals surface area contributed by atoms with Gasteiger partial charge >= 0.3 is 6.18 Å². The molecule has 4 aromatic rings. The molecule has 1 aromatic heterocycles. The normalized spacial score (nSPS) is 13.0. The lowest BCUT2D eigenvalue weighted by Gasteiger charge is -2.25. The number of para-hydroxylation sites is 1.